The van der Waals surface area contributed by atoms with Crippen molar-refractivity contribution < 1.29 is 9.72 Å². The Morgan fingerprint density at radius 1 is 1.25 bits per heavy atom. The molecule has 24 heavy (non-hydrogen) atoms. The summed E-state index contributed by atoms with van der Waals surface area (Å²) in [6, 6.07) is 11.9. The van der Waals surface area contributed by atoms with E-state index >= 15 is 0 Å². The molecule has 7 heteroatoms. The minimum absolute atomic E-state index is 0.0152. The topological polar surface area (TPSA) is 85.1 Å². The van der Waals surface area contributed by atoms with Gasteiger partial charge in [0.1, 0.15) is 0 Å². The maximum atomic E-state index is 12.0. The van der Waals surface area contributed by atoms with Crippen molar-refractivity contribution in [2.75, 3.05) is 5.32 Å². The summed E-state index contributed by atoms with van der Waals surface area (Å²) in [5.41, 5.74) is 2.67. The fourth-order valence-corrected chi connectivity index (χ4v) is 3.11. The molecule has 0 atom stereocenters. The van der Waals surface area contributed by atoms with Gasteiger partial charge in [-0.3, -0.25) is 20.2 Å². The Labute approximate surface area is 141 Å². The van der Waals surface area contributed by atoms with Gasteiger partial charge in [0.25, 0.3) is 5.69 Å². The molecule has 6 nitrogen and oxygen atoms in total. The monoisotopic (exact) mass is 339 g/mol. The van der Waals surface area contributed by atoms with Crippen molar-refractivity contribution in [3.05, 3.63) is 69.8 Å². The average molecular weight is 339 g/mol. The Hall–Kier alpha value is -3.06. The van der Waals surface area contributed by atoms with Crippen LogP contribution in [0.1, 0.15) is 11.1 Å². The van der Waals surface area contributed by atoms with Crippen LogP contribution >= 0.6 is 11.3 Å². The van der Waals surface area contributed by atoms with Crippen LogP contribution < -0.4 is 5.32 Å². The fourth-order valence-electron chi connectivity index (χ4n) is 2.17. The number of carbonyl (C=O) groups excluding carboxylic acids is 1. The quantitative estimate of drug-likeness (QED) is 0.439. The first kappa shape index (κ1) is 15.8. The molecule has 0 bridgehead atoms. The van der Waals surface area contributed by atoms with Gasteiger partial charge in [-0.05, 0) is 42.3 Å². The molecule has 0 unspecified atom stereocenters. The van der Waals surface area contributed by atoms with E-state index in [9.17, 15) is 14.9 Å². The number of amides is 1. The third-order valence-corrected chi connectivity index (χ3v) is 4.32. The molecule has 3 aromatic rings. The van der Waals surface area contributed by atoms with E-state index in [1.165, 1.54) is 29.5 Å². The number of para-hydroxylation sites is 1. The van der Waals surface area contributed by atoms with Crippen LogP contribution in [-0.4, -0.2) is 15.8 Å². The lowest BCUT2D eigenvalue weighted by atomic mass is 10.2. The lowest BCUT2D eigenvalue weighted by molar-refractivity contribution is -0.384. The normalized spacial score (nSPS) is 11.0. The Morgan fingerprint density at radius 3 is 2.67 bits per heavy atom. The molecule has 1 heterocycles. The van der Waals surface area contributed by atoms with Crippen molar-refractivity contribution in [1.29, 1.82) is 0 Å². The maximum absolute atomic E-state index is 12.0. The van der Waals surface area contributed by atoms with Crippen molar-refractivity contribution >= 4 is 44.4 Å². The molecule has 1 amide bonds. The molecule has 0 fully saturated rings. The van der Waals surface area contributed by atoms with Crippen LogP contribution in [-0.2, 0) is 4.79 Å². The van der Waals surface area contributed by atoms with Crippen LogP contribution in [0.3, 0.4) is 0 Å². The highest BCUT2D eigenvalue weighted by Crippen LogP contribution is 2.27. The molecule has 0 saturated heterocycles. The Bertz CT molecular complexity index is 945. The third kappa shape index (κ3) is 3.47. The van der Waals surface area contributed by atoms with Gasteiger partial charge in [0.2, 0.25) is 5.91 Å². The summed E-state index contributed by atoms with van der Waals surface area (Å²) in [7, 11) is 0. The van der Waals surface area contributed by atoms with Gasteiger partial charge in [-0.2, -0.15) is 0 Å². The molecular formula is C17H13N3O3S. The van der Waals surface area contributed by atoms with Crippen LogP contribution in [0, 0.1) is 17.0 Å². The molecule has 0 spiro atoms. The van der Waals surface area contributed by atoms with Gasteiger partial charge in [-0.1, -0.05) is 23.5 Å². The van der Waals surface area contributed by atoms with Crippen LogP contribution in [0.15, 0.2) is 48.5 Å². The minimum atomic E-state index is -0.463. The number of carbonyl (C=O) groups is 1. The number of hydrogen-bond acceptors (Lipinski definition) is 5. The summed E-state index contributed by atoms with van der Waals surface area (Å²) >= 11 is 1.41. The average Bonchev–Trinajstić information content (AvgIpc) is 2.97. The number of nitro groups is 1. The maximum Gasteiger partial charge on any atom is 0.269 e. The predicted octanol–water partition coefficient (Wildman–Crippen LogP) is 4.16. The van der Waals surface area contributed by atoms with Gasteiger partial charge in [-0.25, -0.2) is 4.98 Å². The van der Waals surface area contributed by atoms with E-state index in [4.69, 9.17) is 0 Å². The van der Waals surface area contributed by atoms with Crippen molar-refractivity contribution in [2.45, 2.75) is 6.92 Å². The molecule has 1 N–H and O–H groups in total. The number of nitrogens with one attached hydrogen (secondary N) is 1. The largest absolute Gasteiger partial charge is 0.298 e. The SMILES string of the molecule is Cc1cccc2sc(NC(=O)C=Cc3ccc([N+](=O)[O-])cc3)nc12. The van der Waals surface area contributed by atoms with E-state index in [1.54, 1.807) is 18.2 Å². The summed E-state index contributed by atoms with van der Waals surface area (Å²) in [5, 5.41) is 13.9. The number of aromatic nitrogens is 1. The first-order valence-corrected chi connectivity index (χ1v) is 7.94. The number of benzene rings is 2. The number of nitrogens with zero attached hydrogens (tertiary/aromatic N) is 2. The van der Waals surface area contributed by atoms with E-state index < -0.39 is 4.92 Å². The zero-order chi connectivity index (χ0) is 17.1. The smallest absolute Gasteiger partial charge is 0.269 e. The van der Waals surface area contributed by atoms with E-state index in [-0.39, 0.29) is 11.6 Å². The highest BCUT2D eigenvalue weighted by molar-refractivity contribution is 7.22. The highest BCUT2D eigenvalue weighted by Gasteiger charge is 2.07. The molecular weight excluding hydrogens is 326 g/mol. The lowest BCUT2D eigenvalue weighted by Crippen LogP contribution is -2.07. The van der Waals surface area contributed by atoms with E-state index in [1.807, 2.05) is 25.1 Å². The Morgan fingerprint density at radius 2 is 2.00 bits per heavy atom. The van der Waals surface area contributed by atoms with Gasteiger partial charge in [0.05, 0.1) is 15.1 Å². The first-order chi connectivity index (χ1) is 11.5. The number of thiazole rings is 1. The zero-order valence-electron chi connectivity index (χ0n) is 12.7. The number of fused-ring (bicyclic) bond motifs is 1. The molecule has 120 valence electrons. The Kier molecular flexibility index (Phi) is 4.35. The van der Waals surface area contributed by atoms with E-state index in [2.05, 4.69) is 10.3 Å². The molecule has 0 saturated carbocycles. The van der Waals surface area contributed by atoms with Gasteiger partial charge < -0.3 is 0 Å². The number of rotatable bonds is 4. The van der Waals surface area contributed by atoms with Crippen LogP contribution in [0.4, 0.5) is 10.8 Å². The van der Waals surface area contributed by atoms with Gasteiger partial charge >= 0.3 is 0 Å². The van der Waals surface area contributed by atoms with E-state index in [0.29, 0.717) is 10.7 Å². The number of non-ortho nitro benzene ring substituents is 1. The van der Waals surface area contributed by atoms with Crippen molar-refractivity contribution in [1.82, 2.24) is 4.98 Å². The van der Waals surface area contributed by atoms with Gasteiger partial charge in [0.15, 0.2) is 5.13 Å². The lowest BCUT2D eigenvalue weighted by Gasteiger charge is -1.96. The second-order valence-corrected chi connectivity index (χ2v) is 6.14. The number of hydrogen-bond donors (Lipinski definition) is 1. The van der Waals surface area contributed by atoms with E-state index in [0.717, 1.165) is 15.8 Å². The van der Waals surface area contributed by atoms with Crippen molar-refractivity contribution in [3.63, 3.8) is 0 Å². The molecule has 1 aromatic heterocycles. The number of aryl methyl sites for hydroxylation is 1. The summed E-state index contributed by atoms with van der Waals surface area (Å²) in [5.74, 6) is -0.301. The number of anilines is 1. The molecule has 0 aliphatic heterocycles. The number of nitro benzene ring substituents is 1. The van der Waals surface area contributed by atoms with Crippen molar-refractivity contribution in [2.24, 2.45) is 0 Å². The minimum Gasteiger partial charge on any atom is -0.298 e. The predicted molar refractivity (Wildman–Crippen MR) is 95.1 cm³/mol. The van der Waals surface area contributed by atoms with Gasteiger partial charge in [0, 0.05) is 18.2 Å². The second kappa shape index (κ2) is 6.59. The molecule has 2 aromatic carbocycles. The fraction of sp³-hybridized carbons (Fsp3) is 0.0588. The van der Waals surface area contributed by atoms with Crippen LogP contribution in [0.2, 0.25) is 0 Å². The third-order valence-electron chi connectivity index (χ3n) is 3.38. The van der Waals surface area contributed by atoms with Crippen LogP contribution in [0.25, 0.3) is 16.3 Å². The summed E-state index contributed by atoms with van der Waals surface area (Å²) in [6.45, 7) is 1.97. The summed E-state index contributed by atoms with van der Waals surface area (Å²) in [6.07, 6.45) is 2.97. The molecule has 3 rings (SSSR count). The van der Waals surface area contributed by atoms with Gasteiger partial charge in [-0.15, -0.1) is 0 Å². The molecule has 0 radical (unpaired) electrons. The summed E-state index contributed by atoms with van der Waals surface area (Å²) in [4.78, 5) is 26.5. The Balaban J connectivity index is 1.70. The molecule has 0 aliphatic carbocycles. The molecule has 0 aliphatic rings. The van der Waals surface area contributed by atoms with Crippen LogP contribution in [0.5, 0.6) is 0 Å². The highest BCUT2D eigenvalue weighted by atomic mass is 32.1. The standard InChI is InChI=1S/C17H13N3O3S/c1-11-3-2-4-14-16(11)19-17(24-14)18-15(21)10-7-12-5-8-13(9-6-12)20(22)23/h2-10H,1H3,(H,18,19,21). The zero-order valence-corrected chi connectivity index (χ0v) is 13.5. The van der Waals surface area contributed by atoms with Crippen molar-refractivity contribution in [3.8, 4) is 0 Å². The first-order valence-electron chi connectivity index (χ1n) is 7.12. The summed E-state index contributed by atoms with van der Waals surface area (Å²) < 4.78 is 1.02. The second-order valence-electron chi connectivity index (χ2n) is 5.11.